The van der Waals surface area contributed by atoms with Gasteiger partial charge in [-0.3, -0.25) is 0 Å². The number of hydrogen-bond donors (Lipinski definition) is 3. The number of rotatable bonds is 6. The largest absolute Gasteiger partial charge is 0.393 e. The molecule has 1 aromatic rings. The van der Waals surface area contributed by atoms with E-state index in [0.717, 1.165) is 0 Å². The molecule has 0 saturated carbocycles. The van der Waals surface area contributed by atoms with E-state index in [1.807, 2.05) is 0 Å². The number of sulfonamides is 1. The van der Waals surface area contributed by atoms with Gasteiger partial charge in [0.2, 0.25) is 10.0 Å². The van der Waals surface area contributed by atoms with Crippen LogP contribution in [-0.4, -0.2) is 37.4 Å². The highest BCUT2D eigenvalue weighted by atomic mass is 35.5. The molecule has 0 heterocycles. The number of aliphatic hydroxyl groups excluding tert-OH is 1. The molecule has 0 bridgehead atoms. The van der Waals surface area contributed by atoms with Crippen LogP contribution < -0.4 is 4.72 Å². The highest BCUT2D eigenvalue weighted by molar-refractivity contribution is 7.89. The molecule has 7 heteroatoms. The molecule has 102 valence electrons. The number of aliphatic hydroxyl groups is 2. The molecule has 18 heavy (non-hydrogen) atoms. The van der Waals surface area contributed by atoms with Crippen LogP contribution >= 0.6 is 11.6 Å². The van der Waals surface area contributed by atoms with Crippen LogP contribution in [0.2, 0.25) is 0 Å². The van der Waals surface area contributed by atoms with Crippen molar-refractivity contribution in [1.29, 1.82) is 0 Å². The predicted octanol–water partition coefficient (Wildman–Crippen LogP) is 0.447. The molecule has 5 nitrogen and oxygen atoms in total. The van der Waals surface area contributed by atoms with Crippen LogP contribution in [0.5, 0.6) is 0 Å². The molecule has 0 aliphatic carbocycles. The lowest BCUT2D eigenvalue weighted by Gasteiger charge is -2.20. The first-order valence-corrected chi connectivity index (χ1v) is 7.30. The number of hydrogen-bond acceptors (Lipinski definition) is 4. The molecule has 1 unspecified atom stereocenters. The lowest BCUT2D eigenvalue weighted by Crippen LogP contribution is -2.43. The number of halogens is 1. The second-order valence-electron chi connectivity index (χ2n) is 4.26. The molecule has 1 atom stereocenters. The third-order valence-electron chi connectivity index (χ3n) is 2.35. The van der Waals surface area contributed by atoms with Crippen molar-refractivity contribution >= 4 is 21.6 Å². The van der Waals surface area contributed by atoms with E-state index >= 15 is 0 Å². The van der Waals surface area contributed by atoms with Gasteiger partial charge >= 0.3 is 0 Å². The van der Waals surface area contributed by atoms with Crippen molar-refractivity contribution in [3.63, 3.8) is 0 Å². The first kappa shape index (κ1) is 15.4. The van der Waals surface area contributed by atoms with Crippen LogP contribution in [-0.2, 0) is 15.9 Å². The quantitative estimate of drug-likeness (QED) is 0.665. The van der Waals surface area contributed by atoms with Crippen LogP contribution in [0, 0.1) is 0 Å². The van der Waals surface area contributed by atoms with Gasteiger partial charge in [-0.05, 0) is 24.6 Å². The van der Waals surface area contributed by atoms with Crippen molar-refractivity contribution < 1.29 is 18.6 Å². The molecular weight excluding hydrogens is 278 g/mol. The second-order valence-corrected chi connectivity index (χ2v) is 6.29. The topological polar surface area (TPSA) is 86.6 Å². The zero-order valence-corrected chi connectivity index (χ0v) is 11.5. The van der Waals surface area contributed by atoms with Gasteiger partial charge in [-0.1, -0.05) is 12.1 Å². The lowest BCUT2D eigenvalue weighted by atomic mass is 10.1. The fourth-order valence-corrected chi connectivity index (χ4v) is 2.58. The highest BCUT2D eigenvalue weighted by Gasteiger charge is 2.23. The number of benzene rings is 1. The Morgan fingerprint density at radius 3 is 2.67 bits per heavy atom. The Bertz CT molecular complexity index is 502. The van der Waals surface area contributed by atoms with Gasteiger partial charge in [-0.15, -0.1) is 11.6 Å². The maximum atomic E-state index is 11.9. The highest BCUT2D eigenvalue weighted by Crippen LogP contribution is 2.13. The molecule has 0 aliphatic heterocycles. The fourth-order valence-electron chi connectivity index (χ4n) is 1.19. The Kier molecular flexibility index (Phi) is 5.12. The van der Waals surface area contributed by atoms with Gasteiger partial charge in [0.1, 0.15) is 0 Å². The van der Waals surface area contributed by atoms with Gasteiger partial charge in [0.25, 0.3) is 0 Å². The van der Waals surface area contributed by atoms with E-state index < -0.39 is 22.2 Å². The molecular formula is C11H16ClNO4S. The summed E-state index contributed by atoms with van der Waals surface area (Å²) in [6, 6.07) is 6.21. The Morgan fingerprint density at radius 1 is 1.44 bits per heavy atom. The molecule has 3 N–H and O–H groups in total. The zero-order valence-electron chi connectivity index (χ0n) is 9.93. The van der Waals surface area contributed by atoms with E-state index in [9.17, 15) is 13.5 Å². The normalized spacial score (nSPS) is 15.3. The van der Waals surface area contributed by atoms with Crippen molar-refractivity contribution in [2.24, 2.45) is 0 Å². The summed E-state index contributed by atoms with van der Waals surface area (Å²) in [7, 11) is -3.72. The third-order valence-corrected chi connectivity index (χ3v) is 4.05. The fraction of sp³-hybridized carbons (Fsp3) is 0.455. The Balaban J connectivity index is 2.86. The van der Waals surface area contributed by atoms with Crippen LogP contribution in [0.3, 0.4) is 0 Å². The molecule has 0 aromatic heterocycles. The van der Waals surface area contributed by atoms with Gasteiger partial charge in [-0.25, -0.2) is 13.1 Å². The minimum Gasteiger partial charge on any atom is -0.393 e. The summed E-state index contributed by atoms with van der Waals surface area (Å²) in [5.41, 5.74) is -0.801. The molecule has 0 saturated heterocycles. The first-order valence-electron chi connectivity index (χ1n) is 5.28. The Labute approximate surface area is 111 Å². The number of nitrogens with one attached hydrogen (secondary N) is 1. The van der Waals surface area contributed by atoms with Crippen LogP contribution in [0.4, 0.5) is 0 Å². The van der Waals surface area contributed by atoms with E-state index in [4.69, 9.17) is 16.7 Å². The van der Waals surface area contributed by atoms with Crippen LogP contribution in [0.25, 0.3) is 0 Å². The summed E-state index contributed by atoms with van der Waals surface area (Å²) < 4.78 is 26.1. The Morgan fingerprint density at radius 2 is 2.11 bits per heavy atom. The van der Waals surface area contributed by atoms with Crippen molar-refractivity contribution in [2.45, 2.75) is 23.3 Å². The lowest BCUT2D eigenvalue weighted by molar-refractivity contribution is 0.00681. The molecule has 0 aliphatic rings. The standard InChI is InChI=1S/C11H16ClNO4S/c1-11(15,8-14)7-13-18(16,17)10-4-2-3-9(5-10)6-12/h2-5,13-15H,6-8H2,1H3. The maximum absolute atomic E-state index is 11.9. The minimum absolute atomic E-state index is 0.0781. The summed E-state index contributed by atoms with van der Waals surface area (Å²) >= 11 is 5.63. The maximum Gasteiger partial charge on any atom is 0.240 e. The van der Waals surface area contributed by atoms with E-state index in [-0.39, 0.29) is 17.3 Å². The summed E-state index contributed by atoms with van der Waals surface area (Å²) in [4.78, 5) is 0.0781. The van der Waals surface area contributed by atoms with Gasteiger partial charge < -0.3 is 10.2 Å². The SMILES string of the molecule is CC(O)(CO)CNS(=O)(=O)c1cccc(CCl)c1. The zero-order chi connectivity index (χ0) is 13.8. The molecule has 0 spiro atoms. The second kappa shape index (κ2) is 5.99. The number of alkyl halides is 1. The molecule has 1 rings (SSSR count). The molecule has 1 aromatic carbocycles. The van der Waals surface area contributed by atoms with Crippen LogP contribution in [0.1, 0.15) is 12.5 Å². The predicted molar refractivity (Wildman–Crippen MR) is 68.9 cm³/mol. The van der Waals surface area contributed by atoms with Gasteiger partial charge in [0.05, 0.1) is 17.1 Å². The average molecular weight is 294 g/mol. The Hall–Kier alpha value is -0.660. The van der Waals surface area contributed by atoms with Crippen molar-refractivity contribution in [3.05, 3.63) is 29.8 Å². The first-order chi connectivity index (χ1) is 8.30. The average Bonchev–Trinajstić information content (AvgIpc) is 2.37. The molecule has 0 amide bonds. The smallest absolute Gasteiger partial charge is 0.240 e. The van der Waals surface area contributed by atoms with Crippen molar-refractivity contribution in [2.75, 3.05) is 13.2 Å². The van der Waals surface area contributed by atoms with Crippen molar-refractivity contribution in [3.8, 4) is 0 Å². The summed E-state index contributed by atoms with van der Waals surface area (Å²) in [6.07, 6.45) is 0. The van der Waals surface area contributed by atoms with E-state index in [2.05, 4.69) is 4.72 Å². The van der Waals surface area contributed by atoms with E-state index in [0.29, 0.717) is 5.56 Å². The summed E-state index contributed by atoms with van der Waals surface area (Å²) in [5.74, 6) is 0.220. The monoisotopic (exact) mass is 293 g/mol. The van der Waals surface area contributed by atoms with Gasteiger partial charge in [0.15, 0.2) is 0 Å². The molecule has 0 fully saturated rings. The minimum atomic E-state index is -3.72. The van der Waals surface area contributed by atoms with E-state index in [1.54, 1.807) is 12.1 Å². The van der Waals surface area contributed by atoms with Crippen LogP contribution in [0.15, 0.2) is 29.2 Å². The van der Waals surface area contributed by atoms with Crippen molar-refractivity contribution in [1.82, 2.24) is 4.72 Å². The molecule has 0 radical (unpaired) electrons. The third kappa shape index (κ3) is 4.22. The van der Waals surface area contributed by atoms with E-state index in [1.165, 1.54) is 19.1 Å². The summed E-state index contributed by atoms with van der Waals surface area (Å²) in [6.45, 7) is 0.541. The van der Waals surface area contributed by atoms with Gasteiger partial charge in [0, 0.05) is 12.4 Å². The van der Waals surface area contributed by atoms with Gasteiger partial charge in [-0.2, -0.15) is 0 Å². The summed E-state index contributed by atoms with van der Waals surface area (Å²) in [5, 5.41) is 18.4.